The number of nitrogens with one attached hydrogen (secondary N) is 2. The summed E-state index contributed by atoms with van der Waals surface area (Å²) in [4.78, 5) is 17.6. The summed E-state index contributed by atoms with van der Waals surface area (Å²) in [5.74, 6) is 0.898. The monoisotopic (exact) mass is 412 g/mol. The van der Waals surface area contributed by atoms with Gasteiger partial charge in [0.15, 0.2) is 0 Å². The summed E-state index contributed by atoms with van der Waals surface area (Å²) >= 11 is 0. The number of aliphatic hydroxyl groups excluding tert-OH is 2. The molecule has 0 fully saturated rings. The zero-order valence-electron chi connectivity index (χ0n) is 18.4. The van der Waals surface area contributed by atoms with Crippen LogP contribution in [0.25, 0.3) is 10.8 Å². The molecule has 0 radical (unpaired) electrons. The van der Waals surface area contributed by atoms with E-state index < -0.39 is 5.54 Å². The van der Waals surface area contributed by atoms with Gasteiger partial charge in [0.2, 0.25) is 0 Å². The fraction of sp³-hybridized carbons (Fsp3) is 0.391. The van der Waals surface area contributed by atoms with Crippen LogP contribution >= 0.6 is 0 Å². The molecule has 0 saturated carbocycles. The Morgan fingerprint density at radius 3 is 2.60 bits per heavy atom. The highest BCUT2D eigenvalue weighted by molar-refractivity contribution is 5.93. The normalized spacial score (nSPS) is 12.9. The molecule has 0 aliphatic carbocycles. The smallest absolute Gasteiger partial charge is 0.262 e. The molecular weight excluding hydrogens is 380 g/mol. The van der Waals surface area contributed by atoms with E-state index in [4.69, 9.17) is 0 Å². The van der Waals surface area contributed by atoms with Gasteiger partial charge in [0.25, 0.3) is 5.56 Å². The van der Waals surface area contributed by atoms with Gasteiger partial charge in [-0.25, -0.2) is 4.98 Å². The van der Waals surface area contributed by atoms with E-state index in [9.17, 15) is 15.0 Å². The molecule has 0 unspecified atom stereocenters. The summed E-state index contributed by atoms with van der Waals surface area (Å²) in [6.07, 6.45) is 5.62. The first-order valence-corrected chi connectivity index (χ1v) is 9.93. The Bertz CT molecular complexity index is 1050. The van der Waals surface area contributed by atoms with Gasteiger partial charge in [-0.2, -0.15) is 0 Å². The molecule has 0 aliphatic heterocycles. The van der Waals surface area contributed by atoms with Crippen LogP contribution in [0.15, 0.2) is 58.7 Å². The highest BCUT2D eigenvalue weighted by Crippen LogP contribution is 2.25. The average molecular weight is 413 g/mol. The average Bonchev–Trinajstić information content (AvgIpc) is 2.68. The van der Waals surface area contributed by atoms with Crippen molar-refractivity contribution in [2.45, 2.75) is 46.7 Å². The van der Waals surface area contributed by atoms with Crippen LogP contribution in [0.3, 0.4) is 0 Å². The largest absolute Gasteiger partial charge is 0.395 e. The van der Waals surface area contributed by atoms with E-state index in [1.807, 2.05) is 52.8 Å². The first-order chi connectivity index (χ1) is 14.1. The van der Waals surface area contributed by atoms with Gasteiger partial charge >= 0.3 is 0 Å². The molecule has 30 heavy (non-hydrogen) atoms. The van der Waals surface area contributed by atoms with Crippen LogP contribution in [0, 0.1) is 0 Å². The zero-order valence-corrected chi connectivity index (χ0v) is 18.4. The van der Waals surface area contributed by atoms with Crippen LogP contribution in [0.2, 0.25) is 0 Å². The lowest BCUT2D eigenvalue weighted by molar-refractivity contribution is 0.234. The molecule has 7 heteroatoms. The lowest BCUT2D eigenvalue weighted by atomic mass is 10.1. The van der Waals surface area contributed by atoms with Crippen molar-refractivity contribution in [3.05, 3.63) is 64.3 Å². The predicted octanol–water partition coefficient (Wildman–Crippen LogP) is 3.41. The van der Waals surface area contributed by atoms with Crippen LogP contribution in [0.4, 0.5) is 11.6 Å². The van der Waals surface area contributed by atoms with Crippen molar-refractivity contribution in [3.8, 4) is 0 Å². The van der Waals surface area contributed by atoms with Gasteiger partial charge in [0.05, 0.1) is 24.1 Å². The number of aromatic nitrogens is 2. The molecular formula is C23H32N4O3. The van der Waals surface area contributed by atoms with Crippen LogP contribution < -0.4 is 16.2 Å². The highest BCUT2D eigenvalue weighted by atomic mass is 16.3. The van der Waals surface area contributed by atoms with E-state index in [1.165, 1.54) is 4.57 Å². The molecule has 0 atom stereocenters. The first kappa shape index (κ1) is 23.4. The fourth-order valence-electron chi connectivity index (χ4n) is 2.90. The lowest BCUT2D eigenvalue weighted by Gasteiger charge is -2.25. The minimum Gasteiger partial charge on any atom is -0.395 e. The molecule has 7 nitrogen and oxygen atoms in total. The third-order valence-electron chi connectivity index (χ3n) is 4.89. The number of nitrogens with zero attached hydrogens (tertiary/aromatic N) is 2. The van der Waals surface area contributed by atoms with Gasteiger partial charge < -0.3 is 25.4 Å². The van der Waals surface area contributed by atoms with Crippen molar-refractivity contribution in [1.29, 1.82) is 0 Å². The molecule has 0 saturated heterocycles. The second-order valence-corrected chi connectivity index (χ2v) is 7.97. The molecule has 0 spiro atoms. The molecule has 0 bridgehead atoms. The maximum atomic E-state index is 13.0. The Morgan fingerprint density at radius 2 is 2.00 bits per heavy atom. The summed E-state index contributed by atoms with van der Waals surface area (Å²) in [6.45, 7) is 13.6. The van der Waals surface area contributed by atoms with Crippen molar-refractivity contribution in [2.75, 3.05) is 23.8 Å². The zero-order chi connectivity index (χ0) is 22.5. The molecule has 162 valence electrons. The van der Waals surface area contributed by atoms with Crippen LogP contribution in [0.1, 0.15) is 34.6 Å². The Morgan fingerprint density at radius 1 is 1.30 bits per heavy atom. The summed E-state index contributed by atoms with van der Waals surface area (Å²) < 4.78 is 1.44. The first-order valence-electron chi connectivity index (χ1n) is 9.93. The molecule has 2 rings (SSSR count). The summed E-state index contributed by atoms with van der Waals surface area (Å²) in [5.41, 5.74) is 1.97. The standard InChI is InChI=1S/C23H32N4O3/c1-7-15(2)16(3)12-17(4)24-19-13-18-8-9-27(10-11-28)22(30)20(18)21(25-19)26-23(5,6)14-29/h7-9,12-13,28-29H,4,10-11,14H2,1-3,5-6H3,(H2,24,25,26)/b15-7-,16-12-. The van der Waals surface area contributed by atoms with Crippen LogP contribution in [-0.2, 0) is 6.54 Å². The Hall–Kier alpha value is -2.90. The molecule has 0 amide bonds. The highest BCUT2D eigenvalue weighted by Gasteiger charge is 2.20. The summed E-state index contributed by atoms with van der Waals surface area (Å²) in [6, 6.07) is 3.60. The summed E-state index contributed by atoms with van der Waals surface area (Å²) in [5, 5.41) is 26.4. The predicted molar refractivity (Wildman–Crippen MR) is 124 cm³/mol. The minimum atomic E-state index is -0.681. The quantitative estimate of drug-likeness (QED) is 0.471. The van der Waals surface area contributed by atoms with E-state index in [-0.39, 0.29) is 25.3 Å². The van der Waals surface area contributed by atoms with E-state index in [0.29, 0.717) is 28.1 Å². The third kappa shape index (κ3) is 5.58. The molecule has 2 aromatic heterocycles. The number of hydrogen-bond acceptors (Lipinski definition) is 6. The van der Waals surface area contributed by atoms with Gasteiger partial charge in [0, 0.05) is 18.4 Å². The Kier molecular flexibility index (Phi) is 7.59. The van der Waals surface area contributed by atoms with Crippen LogP contribution in [0.5, 0.6) is 0 Å². The van der Waals surface area contributed by atoms with Gasteiger partial charge in [-0.3, -0.25) is 4.79 Å². The van der Waals surface area contributed by atoms with Gasteiger partial charge in [-0.15, -0.1) is 0 Å². The molecule has 0 aromatic carbocycles. The maximum Gasteiger partial charge on any atom is 0.262 e. The number of aliphatic hydroxyl groups is 2. The minimum absolute atomic E-state index is 0.136. The van der Waals surface area contributed by atoms with Crippen LogP contribution in [-0.4, -0.2) is 38.5 Å². The second kappa shape index (κ2) is 9.73. The third-order valence-corrected chi connectivity index (χ3v) is 4.89. The van der Waals surface area contributed by atoms with Crippen molar-refractivity contribution >= 4 is 22.4 Å². The molecule has 2 heterocycles. The van der Waals surface area contributed by atoms with Crippen molar-refractivity contribution < 1.29 is 10.2 Å². The SMILES string of the molecule is C=C(/C=C(C)\C(C)=C/C)Nc1cc2ccn(CCO)c(=O)c2c(NC(C)(C)CO)n1. The van der Waals surface area contributed by atoms with Crippen molar-refractivity contribution in [2.24, 2.45) is 0 Å². The molecule has 2 aromatic rings. The van der Waals surface area contributed by atoms with E-state index in [0.717, 1.165) is 11.1 Å². The number of allylic oxidation sites excluding steroid dienone is 4. The van der Waals surface area contributed by atoms with Gasteiger partial charge in [0.1, 0.15) is 11.6 Å². The lowest BCUT2D eigenvalue weighted by Crippen LogP contribution is -2.36. The van der Waals surface area contributed by atoms with Gasteiger partial charge in [-0.1, -0.05) is 18.2 Å². The topological polar surface area (TPSA) is 99.4 Å². The number of anilines is 2. The number of rotatable bonds is 9. The fourth-order valence-corrected chi connectivity index (χ4v) is 2.90. The number of pyridine rings is 2. The van der Waals surface area contributed by atoms with E-state index in [1.54, 1.807) is 12.3 Å². The molecule has 4 N–H and O–H groups in total. The van der Waals surface area contributed by atoms with E-state index in [2.05, 4.69) is 22.2 Å². The second-order valence-electron chi connectivity index (χ2n) is 7.97. The van der Waals surface area contributed by atoms with E-state index >= 15 is 0 Å². The maximum absolute atomic E-state index is 13.0. The van der Waals surface area contributed by atoms with Gasteiger partial charge in [-0.05, 0) is 63.8 Å². The Labute approximate surface area is 177 Å². The Balaban J connectivity index is 2.56. The number of fused-ring (bicyclic) bond motifs is 1. The summed E-state index contributed by atoms with van der Waals surface area (Å²) in [7, 11) is 0. The van der Waals surface area contributed by atoms with Crippen molar-refractivity contribution in [1.82, 2.24) is 9.55 Å². The molecule has 0 aliphatic rings. The van der Waals surface area contributed by atoms with Crippen molar-refractivity contribution in [3.63, 3.8) is 0 Å². The number of hydrogen-bond donors (Lipinski definition) is 4.